The van der Waals surface area contributed by atoms with Crippen LogP contribution < -0.4 is 5.73 Å². The molecule has 2 aliphatic rings. The summed E-state index contributed by atoms with van der Waals surface area (Å²) in [6, 6.07) is 8.18. The molecule has 3 atom stereocenters. The van der Waals surface area contributed by atoms with E-state index in [-0.39, 0.29) is 30.9 Å². The predicted octanol–water partition coefficient (Wildman–Crippen LogP) is 1.27. The lowest BCUT2D eigenvalue weighted by atomic mass is 9.98. The molecule has 7 nitrogen and oxygen atoms in total. The maximum absolute atomic E-state index is 12.5. The number of carbonyl (C=O) groups is 1. The van der Waals surface area contributed by atoms with Gasteiger partial charge in [-0.2, -0.15) is 4.80 Å². The van der Waals surface area contributed by atoms with Gasteiger partial charge in [0.05, 0.1) is 0 Å². The van der Waals surface area contributed by atoms with Crippen molar-refractivity contribution in [1.82, 2.24) is 25.1 Å². The lowest BCUT2D eigenvalue weighted by Gasteiger charge is -2.18. The Bertz CT molecular complexity index is 746. The number of hydrogen-bond acceptors (Lipinski definition) is 5. The first kappa shape index (κ1) is 17.8. The van der Waals surface area contributed by atoms with Crippen molar-refractivity contribution in [2.75, 3.05) is 13.1 Å². The normalized spacial score (nSPS) is 24.9. The number of halogens is 1. The first-order chi connectivity index (χ1) is 11.6. The highest BCUT2D eigenvalue weighted by Crippen LogP contribution is 2.37. The van der Waals surface area contributed by atoms with Gasteiger partial charge in [0.1, 0.15) is 6.54 Å². The van der Waals surface area contributed by atoms with Crippen molar-refractivity contribution in [2.45, 2.75) is 32.4 Å². The average molecular weight is 363 g/mol. The molecule has 134 valence electrons. The highest BCUT2D eigenvalue weighted by molar-refractivity contribution is 5.85. The Balaban J connectivity index is 0.00000182. The molecule has 1 saturated carbocycles. The number of benzene rings is 1. The number of rotatable bonds is 3. The van der Waals surface area contributed by atoms with Crippen molar-refractivity contribution in [1.29, 1.82) is 0 Å². The van der Waals surface area contributed by atoms with Crippen LogP contribution in [0.4, 0.5) is 0 Å². The lowest BCUT2D eigenvalue weighted by Crippen LogP contribution is -2.35. The van der Waals surface area contributed by atoms with Gasteiger partial charge in [-0.05, 0) is 36.8 Å². The number of hydrogen-bond donors (Lipinski definition) is 1. The van der Waals surface area contributed by atoms with E-state index in [2.05, 4.69) is 15.4 Å². The number of likely N-dealkylation sites (tertiary alicyclic amines) is 1. The molecule has 0 spiro atoms. The minimum absolute atomic E-state index is 0. The topological polar surface area (TPSA) is 89.9 Å². The van der Waals surface area contributed by atoms with E-state index >= 15 is 0 Å². The van der Waals surface area contributed by atoms with E-state index in [0.29, 0.717) is 17.7 Å². The van der Waals surface area contributed by atoms with Crippen LogP contribution in [0.1, 0.15) is 18.4 Å². The second-order valence-electron chi connectivity index (χ2n) is 6.97. The molecule has 25 heavy (non-hydrogen) atoms. The summed E-state index contributed by atoms with van der Waals surface area (Å²) in [4.78, 5) is 15.8. The minimum Gasteiger partial charge on any atom is -0.340 e. The largest absolute Gasteiger partial charge is 0.340 e. The van der Waals surface area contributed by atoms with Crippen molar-refractivity contribution in [3.05, 3.63) is 29.8 Å². The van der Waals surface area contributed by atoms with Crippen LogP contribution in [-0.4, -0.2) is 50.1 Å². The summed E-state index contributed by atoms with van der Waals surface area (Å²) >= 11 is 0. The summed E-state index contributed by atoms with van der Waals surface area (Å²) in [6.45, 7) is 3.75. The van der Waals surface area contributed by atoms with Crippen LogP contribution >= 0.6 is 12.4 Å². The summed E-state index contributed by atoms with van der Waals surface area (Å²) in [6.07, 6.45) is 2.22. The number of nitrogens with zero attached hydrogens (tertiary/aromatic N) is 5. The molecule has 1 aliphatic heterocycles. The van der Waals surface area contributed by atoms with Crippen LogP contribution in [0.2, 0.25) is 0 Å². The second-order valence-corrected chi connectivity index (χ2v) is 6.97. The van der Waals surface area contributed by atoms with Crippen LogP contribution in [0, 0.1) is 18.8 Å². The van der Waals surface area contributed by atoms with Gasteiger partial charge in [-0.15, -0.1) is 22.6 Å². The van der Waals surface area contributed by atoms with Crippen LogP contribution in [0.25, 0.3) is 11.4 Å². The van der Waals surface area contributed by atoms with E-state index in [1.54, 1.807) is 0 Å². The van der Waals surface area contributed by atoms with Crippen molar-refractivity contribution in [2.24, 2.45) is 17.6 Å². The number of amides is 1. The number of tetrazole rings is 1. The molecule has 1 amide bonds. The zero-order chi connectivity index (χ0) is 16.7. The Morgan fingerprint density at radius 1 is 1.24 bits per heavy atom. The molecule has 1 aliphatic carbocycles. The number of fused-ring (bicyclic) bond motifs is 1. The fourth-order valence-corrected chi connectivity index (χ4v) is 3.86. The Labute approximate surface area is 153 Å². The molecule has 2 fully saturated rings. The molecule has 2 heterocycles. The predicted molar refractivity (Wildman–Crippen MR) is 96.0 cm³/mol. The maximum Gasteiger partial charge on any atom is 0.246 e. The van der Waals surface area contributed by atoms with E-state index in [1.165, 1.54) is 10.4 Å². The summed E-state index contributed by atoms with van der Waals surface area (Å²) in [5, 5.41) is 12.4. The quantitative estimate of drug-likeness (QED) is 0.887. The first-order valence-electron chi connectivity index (χ1n) is 8.48. The van der Waals surface area contributed by atoms with Gasteiger partial charge in [0.15, 0.2) is 0 Å². The molecule has 3 unspecified atom stereocenters. The summed E-state index contributed by atoms with van der Waals surface area (Å²) in [7, 11) is 0. The van der Waals surface area contributed by atoms with Crippen molar-refractivity contribution in [3.63, 3.8) is 0 Å². The molecule has 1 saturated heterocycles. The van der Waals surface area contributed by atoms with Gasteiger partial charge in [-0.3, -0.25) is 4.79 Å². The Hall–Kier alpha value is -1.99. The van der Waals surface area contributed by atoms with E-state index in [9.17, 15) is 4.79 Å². The number of nitrogens with two attached hydrogens (primary N) is 1. The first-order valence-corrected chi connectivity index (χ1v) is 8.48. The van der Waals surface area contributed by atoms with Crippen LogP contribution in [0.15, 0.2) is 24.3 Å². The summed E-state index contributed by atoms with van der Waals surface area (Å²) in [5.74, 6) is 1.61. The van der Waals surface area contributed by atoms with Gasteiger partial charge < -0.3 is 10.6 Å². The average Bonchev–Trinajstić information content (AvgIpc) is 3.26. The maximum atomic E-state index is 12.5. The zero-order valence-corrected chi connectivity index (χ0v) is 15.0. The van der Waals surface area contributed by atoms with Crippen molar-refractivity contribution >= 4 is 18.3 Å². The summed E-state index contributed by atoms with van der Waals surface area (Å²) in [5.41, 5.74) is 8.22. The van der Waals surface area contributed by atoms with Gasteiger partial charge in [-0.25, -0.2) is 0 Å². The van der Waals surface area contributed by atoms with Crippen molar-refractivity contribution < 1.29 is 4.79 Å². The Morgan fingerprint density at radius 2 is 2.00 bits per heavy atom. The third kappa shape index (κ3) is 3.52. The molecule has 1 aromatic carbocycles. The molecule has 0 bridgehead atoms. The highest BCUT2D eigenvalue weighted by Gasteiger charge is 2.42. The summed E-state index contributed by atoms with van der Waals surface area (Å²) < 4.78 is 0. The van der Waals surface area contributed by atoms with Gasteiger partial charge in [0.2, 0.25) is 11.7 Å². The lowest BCUT2D eigenvalue weighted by molar-refractivity contribution is -0.131. The molecule has 0 radical (unpaired) electrons. The zero-order valence-electron chi connectivity index (χ0n) is 14.2. The third-order valence-electron chi connectivity index (χ3n) is 5.30. The Kier molecular flexibility index (Phi) is 5.06. The van der Waals surface area contributed by atoms with Gasteiger partial charge in [0, 0.05) is 24.7 Å². The Morgan fingerprint density at radius 3 is 2.72 bits per heavy atom. The molecule has 8 heteroatoms. The number of aromatic nitrogens is 4. The molecule has 2 aromatic rings. The highest BCUT2D eigenvalue weighted by atomic mass is 35.5. The van der Waals surface area contributed by atoms with E-state index in [1.807, 2.05) is 36.1 Å². The molecular formula is C17H23ClN6O. The fourth-order valence-electron chi connectivity index (χ4n) is 3.86. The molecule has 2 N–H and O–H groups in total. The van der Waals surface area contributed by atoms with Crippen LogP contribution in [-0.2, 0) is 11.3 Å². The van der Waals surface area contributed by atoms with E-state index in [4.69, 9.17) is 5.73 Å². The minimum atomic E-state index is 0. The smallest absolute Gasteiger partial charge is 0.246 e. The van der Waals surface area contributed by atoms with Gasteiger partial charge in [-0.1, -0.05) is 29.8 Å². The fraction of sp³-hybridized carbons (Fsp3) is 0.529. The molecule has 1 aromatic heterocycles. The van der Waals surface area contributed by atoms with Gasteiger partial charge in [0.25, 0.3) is 0 Å². The number of aryl methyl sites for hydroxylation is 1. The molecule has 4 rings (SSSR count). The molecular weight excluding hydrogens is 340 g/mol. The number of carbonyl (C=O) groups excluding carboxylic acids is 1. The van der Waals surface area contributed by atoms with Crippen LogP contribution in [0.5, 0.6) is 0 Å². The monoisotopic (exact) mass is 362 g/mol. The van der Waals surface area contributed by atoms with Crippen LogP contribution in [0.3, 0.4) is 0 Å². The van der Waals surface area contributed by atoms with E-state index < -0.39 is 0 Å². The SMILES string of the molecule is Cc1ccc(-c2nnn(CC(=O)N3CC4CCC(N)C4C3)n2)cc1.Cl. The van der Waals surface area contributed by atoms with Gasteiger partial charge >= 0.3 is 0 Å². The van der Waals surface area contributed by atoms with Crippen molar-refractivity contribution in [3.8, 4) is 11.4 Å². The standard InChI is InChI=1S/C17H22N6O.ClH/c1-11-2-4-12(5-3-11)17-19-21-23(20-17)10-16(24)22-8-13-6-7-15(18)14(13)9-22;/h2-5,13-15H,6-10,18H2,1H3;1H. The second kappa shape index (κ2) is 7.09. The van der Waals surface area contributed by atoms with E-state index in [0.717, 1.165) is 31.5 Å². The third-order valence-corrected chi connectivity index (χ3v) is 5.30.